The Morgan fingerprint density at radius 1 is 1.15 bits per heavy atom. The van der Waals surface area contributed by atoms with Gasteiger partial charge in [-0.25, -0.2) is 4.98 Å². The molecule has 0 aliphatic rings. The van der Waals surface area contributed by atoms with Gasteiger partial charge in [0.05, 0.1) is 11.6 Å². The lowest BCUT2D eigenvalue weighted by molar-refractivity contribution is 0.0951. The predicted octanol–water partition coefficient (Wildman–Crippen LogP) is 3.00. The maximum atomic E-state index is 13.3. The van der Waals surface area contributed by atoms with Crippen molar-refractivity contribution in [3.63, 3.8) is 0 Å². The second-order valence-electron chi connectivity index (χ2n) is 8.37. The SMILES string of the molecule is Cc1cc(C)c(CNC(=O)c2c(C)n(C(C)Cn3ccccc3=O)c3ncccc23)c(=O)[nH]1. The van der Waals surface area contributed by atoms with Crippen LogP contribution in [0.4, 0.5) is 0 Å². The number of hydrogen-bond donors (Lipinski definition) is 2. The highest BCUT2D eigenvalue weighted by molar-refractivity contribution is 6.07. The summed E-state index contributed by atoms with van der Waals surface area (Å²) in [6.45, 7) is 8.13. The van der Waals surface area contributed by atoms with Crippen molar-refractivity contribution >= 4 is 16.9 Å². The van der Waals surface area contributed by atoms with Crippen LogP contribution in [-0.2, 0) is 13.1 Å². The van der Waals surface area contributed by atoms with Crippen LogP contribution in [0.25, 0.3) is 11.0 Å². The smallest absolute Gasteiger partial charge is 0.254 e. The van der Waals surface area contributed by atoms with Crippen molar-refractivity contribution in [2.24, 2.45) is 0 Å². The topological polar surface area (TPSA) is 102 Å². The highest BCUT2D eigenvalue weighted by atomic mass is 16.2. The number of carbonyl (C=O) groups excluding carboxylic acids is 1. The van der Waals surface area contributed by atoms with Gasteiger partial charge in [-0.2, -0.15) is 0 Å². The molecule has 0 spiro atoms. The third-order valence-electron chi connectivity index (χ3n) is 5.95. The Morgan fingerprint density at radius 2 is 1.94 bits per heavy atom. The second-order valence-corrected chi connectivity index (χ2v) is 8.37. The molecule has 0 saturated carbocycles. The molecule has 1 amide bonds. The molecule has 1 unspecified atom stereocenters. The van der Waals surface area contributed by atoms with Crippen LogP contribution in [0, 0.1) is 20.8 Å². The molecule has 8 nitrogen and oxygen atoms in total. The molecule has 0 radical (unpaired) electrons. The summed E-state index contributed by atoms with van der Waals surface area (Å²) in [7, 11) is 0. The first kappa shape index (κ1) is 22.3. The molecule has 2 N–H and O–H groups in total. The summed E-state index contributed by atoms with van der Waals surface area (Å²) in [4.78, 5) is 45.1. The molecule has 0 aromatic carbocycles. The predicted molar refractivity (Wildman–Crippen MR) is 128 cm³/mol. The Morgan fingerprint density at radius 3 is 2.67 bits per heavy atom. The fourth-order valence-electron chi connectivity index (χ4n) is 4.42. The molecular weight excluding hydrogens is 418 g/mol. The van der Waals surface area contributed by atoms with Gasteiger partial charge in [0.1, 0.15) is 5.65 Å². The number of pyridine rings is 3. The van der Waals surface area contributed by atoms with E-state index < -0.39 is 0 Å². The summed E-state index contributed by atoms with van der Waals surface area (Å²) in [6, 6.07) is 10.5. The van der Waals surface area contributed by atoms with Crippen LogP contribution in [0.2, 0.25) is 0 Å². The highest BCUT2D eigenvalue weighted by Crippen LogP contribution is 2.28. The quantitative estimate of drug-likeness (QED) is 0.476. The number of nitrogens with zero attached hydrogens (tertiary/aromatic N) is 3. The zero-order chi connectivity index (χ0) is 23.7. The van der Waals surface area contributed by atoms with E-state index in [1.54, 1.807) is 29.1 Å². The Hall–Kier alpha value is -3.94. The summed E-state index contributed by atoms with van der Waals surface area (Å²) in [5.41, 5.74) is 3.83. The number of aromatic amines is 1. The third kappa shape index (κ3) is 4.24. The fourth-order valence-corrected chi connectivity index (χ4v) is 4.42. The Bertz CT molecular complexity index is 1460. The van der Waals surface area contributed by atoms with E-state index in [-0.39, 0.29) is 29.6 Å². The van der Waals surface area contributed by atoms with Crippen molar-refractivity contribution in [1.82, 2.24) is 24.4 Å². The summed E-state index contributed by atoms with van der Waals surface area (Å²) >= 11 is 0. The van der Waals surface area contributed by atoms with E-state index >= 15 is 0 Å². The normalized spacial score (nSPS) is 12.1. The molecule has 8 heteroatoms. The minimum absolute atomic E-state index is 0.0805. The monoisotopic (exact) mass is 445 g/mol. The third-order valence-corrected chi connectivity index (χ3v) is 5.95. The van der Waals surface area contributed by atoms with Crippen LogP contribution in [0.5, 0.6) is 0 Å². The van der Waals surface area contributed by atoms with E-state index in [0.717, 1.165) is 22.3 Å². The van der Waals surface area contributed by atoms with Gasteiger partial charge < -0.3 is 19.4 Å². The van der Waals surface area contributed by atoms with Gasteiger partial charge in [0.15, 0.2) is 0 Å². The van der Waals surface area contributed by atoms with Crippen LogP contribution in [-0.4, -0.2) is 25.0 Å². The van der Waals surface area contributed by atoms with E-state index in [0.29, 0.717) is 23.3 Å². The molecule has 0 saturated heterocycles. The van der Waals surface area contributed by atoms with Gasteiger partial charge in [-0.15, -0.1) is 0 Å². The zero-order valence-electron chi connectivity index (χ0n) is 19.2. The van der Waals surface area contributed by atoms with E-state index in [2.05, 4.69) is 15.3 Å². The lowest BCUT2D eigenvalue weighted by Gasteiger charge is -2.18. The van der Waals surface area contributed by atoms with Crippen LogP contribution < -0.4 is 16.4 Å². The summed E-state index contributed by atoms with van der Waals surface area (Å²) in [6.07, 6.45) is 3.44. The van der Waals surface area contributed by atoms with Crippen molar-refractivity contribution in [1.29, 1.82) is 0 Å². The van der Waals surface area contributed by atoms with Gasteiger partial charge in [0, 0.05) is 53.9 Å². The molecule has 4 rings (SSSR count). The first-order chi connectivity index (χ1) is 15.8. The minimum Gasteiger partial charge on any atom is -0.348 e. The lowest BCUT2D eigenvalue weighted by Crippen LogP contribution is -2.28. The van der Waals surface area contributed by atoms with Crippen molar-refractivity contribution in [2.45, 2.75) is 46.8 Å². The number of hydrogen-bond acceptors (Lipinski definition) is 4. The maximum absolute atomic E-state index is 13.3. The van der Waals surface area contributed by atoms with Crippen LogP contribution >= 0.6 is 0 Å². The number of carbonyl (C=O) groups is 1. The van der Waals surface area contributed by atoms with Crippen LogP contribution in [0.15, 0.2) is 58.4 Å². The molecular formula is C25H27N5O3. The number of aryl methyl sites for hydroxylation is 2. The minimum atomic E-state index is -0.271. The fraction of sp³-hybridized carbons (Fsp3) is 0.280. The Labute approximate surface area is 190 Å². The summed E-state index contributed by atoms with van der Waals surface area (Å²) in [5, 5.41) is 3.64. The zero-order valence-corrected chi connectivity index (χ0v) is 19.2. The molecule has 33 heavy (non-hydrogen) atoms. The van der Waals surface area contributed by atoms with Crippen LogP contribution in [0.1, 0.15) is 45.8 Å². The molecule has 0 fully saturated rings. The number of rotatable bonds is 6. The Kier molecular flexibility index (Phi) is 6.00. The molecule has 0 aliphatic heterocycles. The molecule has 0 aliphatic carbocycles. The molecule has 1 atom stereocenters. The molecule has 4 aromatic heterocycles. The molecule has 4 heterocycles. The first-order valence-corrected chi connectivity index (χ1v) is 10.9. The number of fused-ring (bicyclic) bond motifs is 1. The molecule has 170 valence electrons. The molecule has 0 bridgehead atoms. The van der Waals surface area contributed by atoms with Crippen molar-refractivity contribution in [2.75, 3.05) is 0 Å². The lowest BCUT2D eigenvalue weighted by atomic mass is 10.1. The van der Waals surface area contributed by atoms with Crippen molar-refractivity contribution in [3.05, 3.63) is 97.6 Å². The van der Waals surface area contributed by atoms with Gasteiger partial charge in [-0.05, 0) is 57.5 Å². The highest BCUT2D eigenvalue weighted by Gasteiger charge is 2.23. The Balaban J connectivity index is 1.68. The number of H-pyrrole nitrogens is 1. The average molecular weight is 446 g/mol. The average Bonchev–Trinajstić information content (AvgIpc) is 3.06. The van der Waals surface area contributed by atoms with Crippen LogP contribution in [0.3, 0.4) is 0 Å². The summed E-state index contributed by atoms with van der Waals surface area (Å²) in [5.74, 6) is -0.271. The van der Waals surface area contributed by atoms with E-state index in [4.69, 9.17) is 0 Å². The molecule has 4 aromatic rings. The summed E-state index contributed by atoms with van der Waals surface area (Å²) < 4.78 is 3.64. The van der Waals surface area contributed by atoms with Gasteiger partial charge >= 0.3 is 0 Å². The number of nitrogens with one attached hydrogen (secondary N) is 2. The van der Waals surface area contributed by atoms with Gasteiger partial charge in [0.25, 0.3) is 17.0 Å². The van der Waals surface area contributed by atoms with Gasteiger partial charge in [-0.1, -0.05) is 6.07 Å². The van der Waals surface area contributed by atoms with Crippen molar-refractivity contribution < 1.29 is 4.79 Å². The van der Waals surface area contributed by atoms with E-state index in [1.807, 2.05) is 50.5 Å². The largest absolute Gasteiger partial charge is 0.348 e. The van der Waals surface area contributed by atoms with Crippen molar-refractivity contribution in [3.8, 4) is 0 Å². The van der Waals surface area contributed by atoms with E-state index in [1.165, 1.54) is 6.07 Å². The second kappa shape index (κ2) is 8.90. The standard InChI is InChI=1S/C25H27N5O3/c1-15-12-16(2)28-24(32)20(15)13-27-25(33)22-18(4)30(23-19(22)8-7-10-26-23)17(3)14-29-11-6-5-9-21(29)31/h5-12,17H,13-14H2,1-4H3,(H,27,33)(H,28,32). The van der Waals surface area contributed by atoms with Gasteiger partial charge in [-0.3, -0.25) is 14.4 Å². The number of aromatic nitrogens is 4. The van der Waals surface area contributed by atoms with Gasteiger partial charge in [0.2, 0.25) is 0 Å². The first-order valence-electron chi connectivity index (χ1n) is 10.9. The maximum Gasteiger partial charge on any atom is 0.254 e. The van der Waals surface area contributed by atoms with E-state index in [9.17, 15) is 14.4 Å². The number of amides is 1.